The number of aliphatic carboxylic acids is 1. The molecule has 0 atom stereocenters. The maximum Gasteiger partial charge on any atom is 0.315 e. The van der Waals surface area contributed by atoms with Gasteiger partial charge in [-0.05, 0) is 20.8 Å². The lowest BCUT2D eigenvalue weighted by molar-refractivity contribution is -0.142. The second-order valence-corrected chi connectivity index (χ2v) is 6.50. The average molecular weight is 297 g/mol. The molecule has 0 saturated carbocycles. The number of nitrogens with zero attached hydrogens (tertiary/aromatic N) is 2. The Hall–Kier alpha value is -1.47. The van der Waals surface area contributed by atoms with Gasteiger partial charge in [-0.2, -0.15) is 0 Å². The molecule has 2 heterocycles. The van der Waals surface area contributed by atoms with Crippen LogP contribution in [0.5, 0.6) is 0 Å². The number of carboxylic acid groups (broad SMARTS) is 1. The standard InChI is InChI=1S/C12H15N3O2S2/c1-7-5-18-9(14-7)4-13-11-15-8(6-19-11)12(2,3)10(16)17/h5-6H,4H2,1-3H3,(H,13,15)(H,16,17). The molecule has 0 amide bonds. The summed E-state index contributed by atoms with van der Waals surface area (Å²) in [6, 6.07) is 0. The van der Waals surface area contributed by atoms with Gasteiger partial charge in [0.05, 0.1) is 12.2 Å². The molecule has 0 saturated heterocycles. The minimum atomic E-state index is -0.964. The van der Waals surface area contributed by atoms with E-state index in [4.69, 9.17) is 5.11 Å². The summed E-state index contributed by atoms with van der Waals surface area (Å²) in [5, 5.41) is 17.8. The van der Waals surface area contributed by atoms with Crippen molar-refractivity contribution in [2.24, 2.45) is 0 Å². The van der Waals surface area contributed by atoms with Crippen molar-refractivity contribution in [3.05, 3.63) is 27.2 Å². The molecule has 102 valence electrons. The zero-order valence-electron chi connectivity index (χ0n) is 10.9. The topological polar surface area (TPSA) is 75.1 Å². The molecule has 0 bridgehead atoms. The third kappa shape index (κ3) is 3.10. The Kier molecular flexibility index (Phi) is 3.86. The quantitative estimate of drug-likeness (QED) is 0.887. The summed E-state index contributed by atoms with van der Waals surface area (Å²) in [5.74, 6) is -0.875. The number of aromatic nitrogens is 2. The van der Waals surface area contributed by atoms with Gasteiger partial charge in [0.2, 0.25) is 0 Å². The molecule has 5 nitrogen and oxygen atoms in total. The summed E-state index contributed by atoms with van der Waals surface area (Å²) in [7, 11) is 0. The van der Waals surface area contributed by atoms with Crippen molar-refractivity contribution < 1.29 is 9.90 Å². The fraction of sp³-hybridized carbons (Fsp3) is 0.417. The van der Waals surface area contributed by atoms with Gasteiger partial charge < -0.3 is 10.4 Å². The predicted molar refractivity (Wildman–Crippen MR) is 77.0 cm³/mol. The van der Waals surface area contributed by atoms with Crippen molar-refractivity contribution in [3.63, 3.8) is 0 Å². The van der Waals surface area contributed by atoms with Crippen LogP contribution >= 0.6 is 22.7 Å². The molecule has 0 aliphatic rings. The second-order valence-electron chi connectivity index (χ2n) is 4.70. The van der Waals surface area contributed by atoms with Gasteiger partial charge in [0.25, 0.3) is 0 Å². The molecule has 0 aliphatic heterocycles. The van der Waals surface area contributed by atoms with Crippen LogP contribution in [0, 0.1) is 6.92 Å². The van der Waals surface area contributed by atoms with Gasteiger partial charge in [-0.25, -0.2) is 9.97 Å². The molecule has 19 heavy (non-hydrogen) atoms. The van der Waals surface area contributed by atoms with E-state index in [2.05, 4.69) is 15.3 Å². The molecular weight excluding hydrogens is 282 g/mol. The molecule has 0 spiro atoms. The highest BCUT2D eigenvalue weighted by molar-refractivity contribution is 7.13. The maximum absolute atomic E-state index is 11.1. The number of hydrogen-bond acceptors (Lipinski definition) is 6. The van der Waals surface area contributed by atoms with E-state index in [0.717, 1.165) is 15.8 Å². The van der Waals surface area contributed by atoms with Crippen LogP contribution in [0.3, 0.4) is 0 Å². The first-order chi connectivity index (χ1) is 8.89. The molecule has 0 radical (unpaired) electrons. The SMILES string of the molecule is Cc1csc(CNc2nc(C(C)(C)C(=O)O)cs2)n1. The van der Waals surface area contributed by atoms with Gasteiger partial charge in [-0.15, -0.1) is 22.7 Å². The predicted octanol–water partition coefficient (Wildman–Crippen LogP) is 2.88. The number of rotatable bonds is 5. The highest BCUT2D eigenvalue weighted by Crippen LogP contribution is 2.27. The van der Waals surface area contributed by atoms with E-state index >= 15 is 0 Å². The van der Waals surface area contributed by atoms with E-state index in [1.807, 2.05) is 12.3 Å². The van der Waals surface area contributed by atoms with Crippen LogP contribution in [0.15, 0.2) is 10.8 Å². The first-order valence-corrected chi connectivity index (χ1v) is 7.50. The molecule has 2 N–H and O–H groups in total. The van der Waals surface area contributed by atoms with Crippen molar-refractivity contribution in [2.75, 3.05) is 5.32 Å². The molecule has 0 unspecified atom stereocenters. The maximum atomic E-state index is 11.1. The molecule has 0 aliphatic carbocycles. The number of carbonyl (C=O) groups is 1. The fourth-order valence-electron chi connectivity index (χ4n) is 1.39. The van der Waals surface area contributed by atoms with Crippen LogP contribution < -0.4 is 5.32 Å². The van der Waals surface area contributed by atoms with Gasteiger partial charge in [0, 0.05) is 16.5 Å². The van der Waals surface area contributed by atoms with Gasteiger partial charge in [-0.3, -0.25) is 4.79 Å². The lowest BCUT2D eigenvalue weighted by atomic mass is 9.90. The largest absolute Gasteiger partial charge is 0.481 e. The van der Waals surface area contributed by atoms with Crippen molar-refractivity contribution in [2.45, 2.75) is 32.7 Å². The van der Waals surface area contributed by atoms with E-state index in [9.17, 15) is 4.79 Å². The molecule has 2 aromatic rings. The number of hydrogen-bond donors (Lipinski definition) is 2. The van der Waals surface area contributed by atoms with Gasteiger partial charge in [0.1, 0.15) is 10.4 Å². The number of carboxylic acids is 1. The van der Waals surface area contributed by atoms with Gasteiger partial charge in [-0.1, -0.05) is 0 Å². The van der Waals surface area contributed by atoms with E-state index in [1.165, 1.54) is 11.3 Å². The van der Waals surface area contributed by atoms with Crippen LogP contribution in [0.2, 0.25) is 0 Å². The molecule has 0 aromatic carbocycles. The Bertz CT molecular complexity index is 589. The summed E-state index contributed by atoms with van der Waals surface area (Å²) >= 11 is 3.01. The highest BCUT2D eigenvalue weighted by atomic mass is 32.1. The monoisotopic (exact) mass is 297 g/mol. The number of anilines is 1. The van der Waals surface area contributed by atoms with Crippen LogP contribution in [-0.4, -0.2) is 21.0 Å². The van der Waals surface area contributed by atoms with Gasteiger partial charge >= 0.3 is 5.97 Å². The van der Waals surface area contributed by atoms with E-state index in [0.29, 0.717) is 12.2 Å². The zero-order chi connectivity index (χ0) is 14.0. The van der Waals surface area contributed by atoms with E-state index < -0.39 is 11.4 Å². The number of aryl methyl sites for hydroxylation is 1. The smallest absolute Gasteiger partial charge is 0.315 e. The second kappa shape index (κ2) is 5.26. The Morgan fingerprint density at radius 3 is 2.68 bits per heavy atom. The fourth-order valence-corrected chi connectivity index (χ4v) is 2.98. The molecule has 7 heteroatoms. The van der Waals surface area contributed by atoms with E-state index in [-0.39, 0.29) is 0 Å². The molecule has 2 aromatic heterocycles. The Morgan fingerprint density at radius 2 is 2.11 bits per heavy atom. The number of nitrogens with one attached hydrogen (secondary N) is 1. The Balaban J connectivity index is 2.03. The summed E-state index contributed by atoms with van der Waals surface area (Å²) in [4.78, 5) is 19.8. The van der Waals surface area contributed by atoms with Crippen LogP contribution in [-0.2, 0) is 16.8 Å². The summed E-state index contributed by atoms with van der Waals surface area (Å²) in [6.07, 6.45) is 0. The number of thiazole rings is 2. The summed E-state index contributed by atoms with van der Waals surface area (Å²) in [5.41, 5.74) is 0.616. The Labute approximate surface area is 119 Å². The average Bonchev–Trinajstić information content (AvgIpc) is 2.95. The van der Waals surface area contributed by atoms with Crippen molar-refractivity contribution in [1.29, 1.82) is 0 Å². The van der Waals surface area contributed by atoms with Crippen LogP contribution in [0.1, 0.15) is 30.2 Å². The summed E-state index contributed by atoms with van der Waals surface area (Å²) < 4.78 is 0. The van der Waals surface area contributed by atoms with Crippen LogP contribution in [0.4, 0.5) is 5.13 Å². The highest BCUT2D eigenvalue weighted by Gasteiger charge is 2.32. The van der Waals surface area contributed by atoms with Crippen LogP contribution in [0.25, 0.3) is 0 Å². The van der Waals surface area contributed by atoms with Crippen molar-refractivity contribution >= 4 is 33.8 Å². The van der Waals surface area contributed by atoms with Crippen molar-refractivity contribution in [3.8, 4) is 0 Å². The van der Waals surface area contributed by atoms with E-state index in [1.54, 1.807) is 30.6 Å². The molecule has 2 rings (SSSR count). The first-order valence-electron chi connectivity index (χ1n) is 5.74. The lowest BCUT2D eigenvalue weighted by Gasteiger charge is -2.15. The first kappa shape index (κ1) is 14.0. The third-order valence-corrected chi connectivity index (χ3v) is 4.50. The van der Waals surface area contributed by atoms with Gasteiger partial charge in [0.15, 0.2) is 5.13 Å². The Morgan fingerprint density at radius 1 is 1.37 bits per heavy atom. The lowest BCUT2D eigenvalue weighted by Crippen LogP contribution is -2.28. The zero-order valence-corrected chi connectivity index (χ0v) is 12.6. The minimum absolute atomic E-state index is 0.572. The normalized spacial score (nSPS) is 11.5. The molecular formula is C12H15N3O2S2. The third-order valence-electron chi connectivity index (χ3n) is 2.74. The van der Waals surface area contributed by atoms with Crippen molar-refractivity contribution in [1.82, 2.24) is 9.97 Å². The molecule has 0 fully saturated rings. The minimum Gasteiger partial charge on any atom is -0.481 e. The summed E-state index contributed by atoms with van der Waals surface area (Å²) in [6.45, 7) is 5.87.